The molecule has 18 heavy (non-hydrogen) atoms. The van der Waals surface area contributed by atoms with Crippen molar-refractivity contribution in [2.75, 3.05) is 13.2 Å². The van der Waals surface area contributed by atoms with Gasteiger partial charge in [-0.2, -0.15) is 0 Å². The first kappa shape index (κ1) is 12.6. The van der Waals surface area contributed by atoms with Crippen LogP contribution in [0.15, 0.2) is 24.3 Å². The zero-order chi connectivity index (χ0) is 13.0. The van der Waals surface area contributed by atoms with Crippen LogP contribution in [-0.2, 0) is 16.1 Å². The number of carboxylic acid groups (broad SMARTS) is 1. The second kappa shape index (κ2) is 5.64. The van der Waals surface area contributed by atoms with Gasteiger partial charge in [0, 0.05) is 13.2 Å². The quantitative estimate of drug-likeness (QED) is 0.836. The van der Waals surface area contributed by atoms with E-state index in [2.05, 4.69) is 5.32 Å². The normalized spacial score (nSPS) is 18.6. The summed E-state index contributed by atoms with van der Waals surface area (Å²) in [6.07, 6.45) is 0.751. The van der Waals surface area contributed by atoms with Gasteiger partial charge in [-0.05, 0) is 24.1 Å². The Morgan fingerprint density at radius 3 is 2.94 bits per heavy atom. The third-order valence-corrected chi connectivity index (χ3v) is 2.94. The van der Waals surface area contributed by atoms with E-state index in [0.29, 0.717) is 19.8 Å². The number of nitrogens with one attached hydrogen (secondary N) is 1. The molecule has 1 aromatic carbocycles. The van der Waals surface area contributed by atoms with Gasteiger partial charge in [-0.15, -0.1) is 0 Å². The molecule has 0 aromatic heterocycles. The molecule has 0 spiro atoms. The maximum absolute atomic E-state index is 11.7. The summed E-state index contributed by atoms with van der Waals surface area (Å²) < 4.78 is 5.14. The van der Waals surface area contributed by atoms with Crippen LogP contribution in [0.25, 0.3) is 0 Å². The fourth-order valence-electron chi connectivity index (χ4n) is 1.89. The summed E-state index contributed by atoms with van der Waals surface area (Å²) in [5, 5.41) is 11.7. The number of hydrogen-bond donors (Lipinski definition) is 2. The summed E-state index contributed by atoms with van der Waals surface area (Å²) in [6, 6.07) is 6.55. The SMILES string of the molecule is O=C(O)c1cccc(CNC(=O)C2CCOC2)c1. The van der Waals surface area contributed by atoms with Crippen molar-refractivity contribution in [3.8, 4) is 0 Å². The first-order chi connectivity index (χ1) is 8.66. The molecule has 2 rings (SSSR count). The van der Waals surface area contributed by atoms with Crippen molar-refractivity contribution in [2.45, 2.75) is 13.0 Å². The van der Waals surface area contributed by atoms with Crippen molar-refractivity contribution >= 4 is 11.9 Å². The van der Waals surface area contributed by atoms with Gasteiger partial charge in [0.2, 0.25) is 5.91 Å². The van der Waals surface area contributed by atoms with E-state index >= 15 is 0 Å². The molecule has 1 aliphatic heterocycles. The Kier molecular flexibility index (Phi) is 3.94. The van der Waals surface area contributed by atoms with Gasteiger partial charge >= 0.3 is 5.97 Å². The van der Waals surface area contributed by atoms with Crippen molar-refractivity contribution in [3.63, 3.8) is 0 Å². The highest BCUT2D eigenvalue weighted by atomic mass is 16.5. The van der Waals surface area contributed by atoms with Crippen LogP contribution in [0.3, 0.4) is 0 Å². The molecule has 1 aliphatic rings. The lowest BCUT2D eigenvalue weighted by Crippen LogP contribution is -2.30. The topological polar surface area (TPSA) is 75.6 Å². The maximum atomic E-state index is 11.7. The minimum Gasteiger partial charge on any atom is -0.478 e. The largest absolute Gasteiger partial charge is 0.478 e. The number of carbonyl (C=O) groups excluding carboxylic acids is 1. The van der Waals surface area contributed by atoms with E-state index in [4.69, 9.17) is 9.84 Å². The van der Waals surface area contributed by atoms with Gasteiger partial charge in [0.15, 0.2) is 0 Å². The number of aromatic carboxylic acids is 1. The first-order valence-electron chi connectivity index (χ1n) is 5.84. The van der Waals surface area contributed by atoms with Crippen LogP contribution in [-0.4, -0.2) is 30.2 Å². The molecule has 0 saturated carbocycles. The lowest BCUT2D eigenvalue weighted by Gasteiger charge is -2.09. The maximum Gasteiger partial charge on any atom is 0.335 e. The van der Waals surface area contributed by atoms with Crippen LogP contribution < -0.4 is 5.32 Å². The summed E-state index contributed by atoms with van der Waals surface area (Å²) in [7, 11) is 0. The molecule has 1 amide bonds. The number of ether oxygens (including phenoxy) is 1. The third-order valence-electron chi connectivity index (χ3n) is 2.94. The first-order valence-corrected chi connectivity index (χ1v) is 5.84. The van der Waals surface area contributed by atoms with Gasteiger partial charge < -0.3 is 15.2 Å². The fourth-order valence-corrected chi connectivity index (χ4v) is 1.89. The van der Waals surface area contributed by atoms with Crippen molar-refractivity contribution in [2.24, 2.45) is 5.92 Å². The van der Waals surface area contributed by atoms with Crippen LogP contribution >= 0.6 is 0 Å². The number of carbonyl (C=O) groups is 2. The second-order valence-corrected chi connectivity index (χ2v) is 4.28. The molecule has 96 valence electrons. The van der Waals surface area contributed by atoms with E-state index < -0.39 is 5.97 Å². The Balaban J connectivity index is 1.91. The van der Waals surface area contributed by atoms with E-state index in [1.54, 1.807) is 18.2 Å². The molecule has 2 N–H and O–H groups in total. The summed E-state index contributed by atoms with van der Waals surface area (Å²) >= 11 is 0. The Labute approximate surface area is 105 Å². The highest BCUT2D eigenvalue weighted by molar-refractivity contribution is 5.87. The van der Waals surface area contributed by atoms with Gasteiger partial charge in [0.05, 0.1) is 18.1 Å². The third kappa shape index (κ3) is 3.07. The lowest BCUT2D eigenvalue weighted by atomic mass is 10.1. The molecule has 1 unspecified atom stereocenters. The summed E-state index contributed by atoms with van der Waals surface area (Å²) in [5.74, 6) is -1.08. The molecule has 0 bridgehead atoms. The molecule has 0 aliphatic carbocycles. The summed E-state index contributed by atoms with van der Waals surface area (Å²) in [4.78, 5) is 22.5. The monoisotopic (exact) mass is 249 g/mol. The Bertz CT molecular complexity index is 452. The molecule has 5 heteroatoms. The van der Waals surface area contributed by atoms with Crippen LogP contribution in [0.5, 0.6) is 0 Å². The Morgan fingerprint density at radius 2 is 2.28 bits per heavy atom. The molecular weight excluding hydrogens is 234 g/mol. The molecule has 1 fully saturated rings. The zero-order valence-electron chi connectivity index (χ0n) is 9.89. The highest BCUT2D eigenvalue weighted by Crippen LogP contribution is 2.12. The summed E-state index contributed by atoms with van der Waals surface area (Å²) in [5.41, 5.74) is 1.01. The summed E-state index contributed by atoms with van der Waals surface area (Å²) in [6.45, 7) is 1.45. The van der Waals surface area contributed by atoms with Crippen molar-refractivity contribution in [1.82, 2.24) is 5.32 Å². The molecule has 1 heterocycles. The van der Waals surface area contributed by atoms with Gasteiger partial charge in [0.25, 0.3) is 0 Å². The number of rotatable bonds is 4. The van der Waals surface area contributed by atoms with Crippen LogP contribution in [0.2, 0.25) is 0 Å². The number of amides is 1. The molecular formula is C13H15NO4. The Hall–Kier alpha value is -1.88. The van der Waals surface area contributed by atoms with E-state index in [1.165, 1.54) is 6.07 Å². The van der Waals surface area contributed by atoms with Gasteiger partial charge in [-0.3, -0.25) is 4.79 Å². The standard InChI is InChI=1S/C13H15NO4/c15-12(11-4-5-18-8-11)14-7-9-2-1-3-10(6-9)13(16)17/h1-3,6,11H,4-5,7-8H2,(H,14,15)(H,16,17). The van der Waals surface area contributed by atoms with E-state index in [1.807, 2.05) is 0 Å². The van der Waals surface area contributed by atoms with Crippen LogP contribution in [0.1, 0.15) is 22.3 Å². The molecule has 1 aromatic rings. The second-order valence-electron chi connectivity index (χ2n) is 4.28. The number of hydrogen-bond acceptors (Lipinski definition) is 3. The molecule has 1 saturated heterocycles. The zero-order valence-corrected chi connectivity index (χ0v) is 9.89. The van der Waals surface area contributed by atoms with Crippen LogP contribution in [0, 0.1) is 5.92 Å². The van der Waals surface area contributed by atoms with Crippen molar-refractivity contribution in [1.29, 1.82) is 0 Å². The smallest absolute Gasteiger partial charge is 0.335 e. The van der Waals surface area contributed by atoms with Crippen LogP contribution in [0.4, 0.5) is 0 Å². The molecule has 0 radical (unpaired) electrons. The van der Waals surface area contributed by atoms with Crippen molar-refractivity contribution < 1.29 is 19.4 Å². The minimum atomic E-state index is -0.965. The minimum absolute atomic E-state index is 0.0340. The van der Waals surface area contributed by atoms with E-state index in [0.717, 1.165) is 12.0 Å². The predicted octanol–water partition coefficient (Wildman–Crippen LogP) is 1.04. The lowest BCUT2D eigenvalue weighted by molar-refractivity contribution is -0.125. The number of benzene rings is 1. The van der Waals surface area contributed by atoms with E-state index in [-0.39, 0.29) is 17.4 Å². The number of carboxylic acids is 1. The van der Waals surface area contributed by atoms with Gasteiger partial charge in [-0.1, -0.05) is 12.1 Å². The average molecular weight is 249 g/mol. The predicted molar refractivity (Wildman–Crippen MR) is 64.2 cm³/mol. The molecule has 5 nitrogen and oxygen atoms in total. The fraction of sp³-hybridized carbons (Fsp3) is 0.385. The van der Waals surface area contributed by atoms with Gasteiger partial charge in [0.1, 0.15) is 0 Å². The van der Waals surface area contributed by atoms with E-state index in [9.17, 15) is 9.59 Å². The van der Waals surface area contributed by atoms with Crippen molar-refractivity contribution in [3.05, 3.63) is 35.4 Å². The average Bonchev–Trinajstić information content (AvgIpc) is 2.90. The highest BCUT2D eigenvalue weighted by Gasteiger charge is 2.22. The Morgan fingerprint density at radius 1 is 1.44 bits per heavy atom. The van der Waals surface area contributed by atoms with Gasteiger partial charge in [-0.25, -0.2) is 4.79 Å². The molecule has 1 atom stereocenters.